The van der Waals surface area contributed by atoms with Gasteiger partial charge in [-0.15, -0.1) is 35.3 Å². The summed E-state index contributed by atoms with van der Waals surface area (Å²) in [6.07, 6.45) is 0. The number of rotatable bonds is 11. The van der Waals surface area contributed by atoms with E-state index in [1.165, 1.54) is 4.88 Å². The minimum absolute atomic E-state index is 0. The molecule has 0 fully saturated rings. The number of guanidine groups is 1. The fourth-order valence-corrected chi connectivity index (χ4v) is 3.06. The van der Waals surface area contributed by atoms with Crippen LogP contribution >= 0.6 is 35.3 Å². The molecule has 0 atom stereocenters. The van der Waals surface area contributed by atoms with Gasteiger partial charge >= 0.3 is 0 Å². The van der Waals surface area contributed by atoms with Crippen LogP contribution in [-0.2, 0) is 17.8 Å². The van der Waals surface area contributed by atoms with E-state index in [1.54, 1.807) is 25.5 Å². The fraction of sp³-hybridized carbons (Fsp3) is 0.450. The third kappa shape index (κ3) is 9.72. The van der Waals surface area contributed by atoms with Gasteiger partial charge in [-0.1, -0.05) is 18.2 Å². The van der Waals surface area contributed by atoms with Crippen LogP contribution in [0.1, 0.15) is 10.4 Å². The van der Waals surface area contributed by atoms with Gasteiger partial charge < -0.3 is 25.0 Å². The van der Waals surface area contributed by atoms with Crippen molar-refractivity contribution in [1.82, 2.24) is 15.5 Å². The Morgan fingerprint density at radius 2 is 1.89 bits per heavy atom. The van der Waals surface area contributed by atoms with E-state index in [0.717, 1.165) is 43.5 Å². The molecule has 2 N–H and O–H groups in total. The summed E-state index contributed by atoms with van der Waals surface area (Å²) in [6, 6.07) is 12.3. The highest BCUT2D eigenvalue weighted by atomic mass is 127. The molecule has 2 rings (SSSR count). The molecule has 0 aliphatic carbocycles. The third-order valence-corrected chi connectivity index (χ3v) is 4.89. The number of likely N-dealkylation sites (N-methyl/N-ethyl adjacent to an activating group) is 1. The van der Waals surface area contributed by atoms with Crippen molar-refractivity contribution in [3.8, 4) is 5.75 Å². The van der Waals surface area contributed by atoms with E-state index < -0.39 is 0 Å². The van der Waals surface area contributed by atoms with Crippen molar-refractivity contribution in [2.45, 2.75) is 13.1 Å². The molecule has 28 heavy (non-hydrogen) atoms. The summed E-state index contributed by atoms with van der Waals surface area (Å²) in [6.45, 7) is 4.62. The number of ether oxygens (including phenoxy) is 2. The zero-order valence-electron chi connectivity index (χ0n) is 16.8. The predicted octanol–water partition coefficient (Wildman–Crippen LogP) is 3.19. The van der Waals surface area contributed by atoms with Crippen LogP contribution in [0, 0.1) is 0 Å². The van der Waals surface area contributed by atoms with Crippen LogP contribution in [0.2, 0.25) is 0 Å². The lowest BCUT2D eigenvalue weighted by Crippen LogP contribution is -2.36. The van der Waals surface area contributed by atoms with Gasteiger partial charge in [-0.2, -0.15) is 0 Å². The summed E-state index contributed by atoms with van der Waals surface area (Å²) < 4.78 is 11.0. The Labute approximate surface area is 189 Å². The first-order chi connectivity index (χ1) is 13.2. The molecular formula is C20H31IN4O2S. The van der Waals surface area contributed by atoms with Crippen molar-refractivity contribution >= 4 is 41.3 Å². The van der Waals surface area contributed by atoms with Crippen LogP contribution < -0.4 is 15.4 Å². The van der Waals surface area contributed by atoms with Crippen LogP contribution in [0.15, 0.2) is 46.8 Å². The normalized spacial score (nSPS) is 11.2. The van der Waals surface area contributed by atoms with Gasteiger partial charge in [0.1, 0.15) is 12.4 Å². The molecule has 6 nitrogen and oxygen atoms in total. The van der Waals surface area contributed by atoms with E-state index in [0.29, 0.717) is 13.2 Å². The average molecular weight is 518 g/mol. The maximum absolute atomic E-state index is 5.87. The molecule has 2 aromatic rings. The van der Waals surface area contributed by atoms with E-state index >= 15 is 0 Å². The highest BCUT2D eigenvalue weighted by Gasteiger charge is 2.02. The molecular weight excluding hydrogens is 487 g/mol. The topological polar surface area (TPSA) is 58.1 Å². The number of halogens is 1. The second-order valence-corrected chi connectivity index (χ2v) is 7.18. The van der Waals surface area contributed by atoms with E-state index in [-0.39, 0.29) is 24.0 Å². The summed E-state index contributed by atoms with van der Waals surface area (Å²) in [4.78, 5) is 7.74. The molecule has 1 aromatic carbocycles. The first-order valence-electron chi connectivity index (χ1n) is 9.07. The fourth-order valence-electron chi connectivity index (χ4n) is 2.41. The number of thiophene rings is 1. The average Bonchev–Trinajstić information content (AvgIpc) is 3.20. The van der Waals surface area contributed by atoms with E-state index in [4.69, 9.17) is 9.47 Å². The number of methoxy groups -OCH3 is 1. The molecule has 0 amide bonds. The van der Waals surface area contributed by atoms with Crippen LogP contribution in [-0.4, -0.2) is 58.4 Å². The second kappa shape index (κ2) is 14.6. The molecule has 0 spiro atoms. The maximum Gasteiger partial charge on any atom is 0.191 e. The minimum atomic E-state index is 0. The summed E-state index contributed by atoms with van der Waals surface area (Å²) in [5, 5.41) is 8.74. The highest BCUT2D eigenvalue weighted by Crippen LogP contribution is 2.13. The Kier molecular flexibility index (Phi) is 12.9. The lowest BCUT2D eigenvalue weighted by Gasteiger charge is -2.16. The molecule has 0 saturated carbocycles. The third-order valence-electron chi connectivity index (χ3n) is 4.01. The Bertz CT molecular complexity index is 683. The van der Waals surface area contributed by atoms with Gasteiger partial charge in [0.2, 0.25) is 0 Å². The number of nitrogens with one attached hydrogen (secondary N) is 2. The lowest BCUT2D eigenvalue weighted by molar-refractivity contribution is 0.150. The minimum Gasteiger partial charge on any atom is -0.492 e. The zero-order valence-corrected chi connectivity index (χ0v) is 20.0. The van der Waals surface area contributed by atoms with E-state index in [2.05, 4.69) is 57.2 Å². The number of benzene rings is 1. The molecule has 0 aliphatic rings. The van der Waals surface area contributed by atoms with Crippen LogP contribution in [0.4, 0.5) is 0 Å². The standard InChI is InChI=1S/C20H30N4O2S.HI/c1-21-20(23-16-19-8-5-13-27-19)22-15-17-6-4-7-18(14-17)26-12-10-24(2)9-11-25-3;/h4-8,13-14H,9-12,15-16H2,1-3H3,(H2,21,22,23);1H. The Morgan fingerprint density at radius 3 is 2.61 bits per heavy atom. The Morgan fingerprint density at radius 1 is 1.11 bits per heavy atom. The van der Waals surface area contributed by atoms with Gasteiger partial charge in [-0.05, 0) is 36.2 Å². The first kappa shape index (κ1) is 24.7. The molecule has 1 heterocycles. The van der Waals surface area contributed by atoms with Crippen molar-refractivity contribution in [2.75, 3.05) is 47.5 Å². The maximum atomic E-state index is 5.87. The van der Waals surface area contributed by atoms with Crippen molar-refractivity contribution in [3.63, 3.8) is 0 Å². The molecule has 0 bridgehead atoms. The van der Waals surface area contributed by atoms with Crippen molar-refractivity contribution < 1.29 is 9.47 Å². The molecule has 0 radical (unpaired) electrons. The molecule has 156 valence electrons. The van der Waals surface area contributed by atoms with Crippen LogP contribution in [0.25, 0.3) is 0 Å². The van der Waals surface area contributed by atoms with E-state index in [9.17, 15) is 0 Å². The Hall–Kier alpha value is -1.36. The van der Waals surface area contributed by atoms with Gasteiger partial charge in [0.25, 0.3) is 0 Å². The van der Waals surface area contributed by atoms with Gasteiger partial charge in [0, 0.05) is 38.7 Å². The molecule has 0 aliphatic heterocycles. The molecule has 0 saturated heterocycles. The van der Waals surface area contributed by atoms with Crippen LogP contribution in [0.3, 0.4) is 0 Å². The van der Waals surface area contributed by atoms with Crippen LogP contribution in [0.5, 0.6) is 5.75 Å². The summed E-state index contributed by atoms with van der Waals surface area (Å²) in [5.41, 5.74) is 1.15. The molecule has 1 aromatic heterocycles. The van der Waals surface area contributed by atoms with Gasteiger partial charge in [-0.3, -0.25) is 4.99 Å². The summed E-state index contributed by atoms with van der Waals surface area (Å²) >= 11 is 1.73. The SMILES string of the molecule is CN=C(NCc1cccc(OCCN(C)CCOC)c1)NCc1cccs1.I. The van der Waals surface area contributed by atoms with Gasteiger partial charge in [-0.25, -0.2) is 0 Å². The summed E-state index contributed by atoms with van der Waals surface area (Å²) in [7, 11) is 5.57. The summed E-state index contributed by atoms with van der Waals surface area (Å²) in [5.74, 6) is 1.67. The van der Waals surface area contributed by atoms with Gasteiger partial charge in [0.15, 0.2) is 5.96 Å². The number of hydrogen-bond donors (Lipinski definition) is 2. The monoisotopic (exact) mass is 518 g/mol. The zero-order chi connectivity index (χ0) is 19.3. The number of hydrogen-bond acceptors (Lipinski definition) is 5. The van der Waals surface area contributed by atoms with Crippen molar-refractivity contribution in [3.05, 3.63) is 52.2 Å². The largest absolute Gasteiger partial charge is 0.492 e. The Balaban J connectivity index is 0.00000392. The molecule has 0 unspecified atom stereocenters. The van der Waals surface area contributed by atoms with Gasteiger partial charge in [0.05, 0.1) is 13.2 Å². The number of aliphatic imine (C=N–C) groups is 1. The van der Waals surface area contributed by atoms with Crippen molar-refractivity contribution in [1.29, 1.82) is 0 Å². The smallest absolute Gasteiger partial charge is 0.191 e. The van der Waals surface area contributed by atoms with E-state index in [1.807, 2.05) is 12.1 Å². The number of nitrogens with zero attached hydrogens (tertiary/aromatic N) is 2. The second-order valence-electron chi connectivity index (χ2n) is 6.15. The van der Waals surface area contributed by atoms with Crippen molar-refractivity contribution in [2.24, 2.45) is 4.99 Å². The first-order valence-corrected chi connectivity index (χ1v) is 9.95. The molecule has 8 heteroatoms. The quantitative estimate of drug-likeness (QED) is 0.272. The highest BCUT2D eigenvalue weighted by molar-refractivity contribution is 14.0. The lowest BCUT2D eigenvalue weighted by atomic mass is 10.2. The predicted molar refractivity (Wildman–Crippen MR) is 128 cm³/mol.